The van der Waals surface area contributed by atoms with E-state index >= 15 is 0 Å². The van der Waals surface area contributed by atoms with E-state index in [4.69, 9.17) is 9.84 Å². The molecule has 2 heterocycles. The summed E-state index contributed by atoms with van der Waals surface area (Å²) in [7, 11) is 0. The van der Waals surface area contributed by atoms with E-state index in [2.05, 4.69) is 22.0 Å². The molecule has 0 radical (unpaired) electrons. The first-order valence-corrected chi connectivity index (χ1v) is 9.88. The summed E-state index contributed by atoms with van der Waals surface area (Å²) < 4.78 is 5.43. The van der Waals surface area contributed by atoms with E-state index in [0.29, 0.717) is 6.61 Å². The molecule has 5 heteroatoms. The third kappa shape index (κ3) is 3.72. The van der Waals surface area contributed by atoms with Crippen LogP contribution in [-0.2, 0) is 12.1 Å². The Morgan fingerprint density at radius 1 is 1.11 bits per heavy atom. The van der Waals surface area contributed by atoms with Crippen molar-refractivity contribution in [3.05, 3.63) is 59.9 Å². The van der Waals surface area contributed by atoms with Gasteiger partial charge in [-0.25, -0.2) is 0 Å². The zero-order valence-corrected chi connectivity index (χ0v) is 15.6. The van der Waals surface area contributed by atoms with Crippen LogP contribution in [0.25, 0.3) is 0 Å². The van der Waals surface area contributed by atoms with Crippen LogP contribution in [0.5, 0.6) is 5.75 Å². The molecule has 1 aromatic heterocycles. The molecule has 1 saturated carbocycles. The summed E-state index contributed by atoms with van der Waals surface area (Å²) in [5.41, 5.74) is 1.48. The van der Waals surface area contributed by atoms with Crippen LogP contribution in [0.3, 0.4) is 0 Å². The standard InChI is InChI=1S/C22H28N2O3/c25-11-12-27-21-8-6-17(7-9-21)14-24-15-19-3-1-4-20(16-24)22(19,26)18-5-2-10-23-13-18/h2,5-10,13,19-20,25-26H,1,3-4,11-12,14-16H2. The van der Waals surface area contributed by atoms with E-state index < -0.39 is 5.60 Å². The number of fused-ring (bicyclic) bond motifs is 2. The van der Waals surface area contributed by atoms with Crippen LogP contribution >= 0.6 is 0 Å². The van der Waals surface area contributed by atoms with Gasteiger partial charge in [0.25, 0.3) is 0 Å². The Morgan fingerprint density at radius 3 is 2.48 bits per heavy atom. The molecule has 5 nitrogen and oxygen atoms in total. The maximum Gasteiger partial charge on any atom is 0.119 e. The monoisotopic (exact) mass is 368 g/mol. The maximum absolute atomic E-state index is 11.6. The molecule has 2 atom stereocenters. The maximum atomic E-state index is 11.6. The second kappa shape index (κ2) is 7.97. The van der Waals surface area contributed by atoms with Crippen molar-refractivity contribution in [3.63, 3.8) is 0 Å². The van der Waals surface area contributed by atoms with Gasteiger partial charge in [-0.1, -0.05) is 24.6 Å². The molecular weight excluding hydrogens is 340 g/mol. The largest absolute Gasteiger partial charge is 0.491 e. The fraction of sp³-hybridized carbons (Fsp3) is 0.500. The van der Waals surface area contributed by atoms with Crippen molar-refractivity contribution in [2.45, 2.75) is 31.4 Å². The Morgan fingerprint density at radius 2 is 1.85 bits per heavy atom. The predicted octanol–water partition coefficient (Wildman–Crippen LogP) is 2.57. The first kappa shape index (κ1) is 18.4. The summed E-state index contributed by atoms with van der Waals surface area (Å²) in [5.74, 6) is 1.29. The van der Waals surface area contributed by atoms with E-state index in [1.807, 2.05) is 30.5 Å². The second-order valence-corrected chi connectivity index (χ2v) is 7.80. The topological polar surface area (TPSA) is 65.8 Å². The molecule has 1 aromatic carbocycles. The third-order valence-corrected chi connectivity index (χ3v) is 6.12. The van der Waals surface area contributed by atoms with Gasteiger partial charge < -0.3 is 14.9 Å². The Bertz CT molecular complexity index is 721. The number of likely N-dealkylation sites (tertiary alicyclic amines) is 1. The van der Waals surface area contributed by atoms with Crippen molar-refractivity contribution in [2.75, 3.05) is 26.3 Å². The highest BCUT2D eigenvalue weighted by molar-refractivity contribution is 5.28. The smallest absolute Gasteiger partial charge is 0.119 e. The van der Waals surface area contributed by atoms with Crippen molar-refractivity contribution >= 4 is 0 Å². The van der Waals surface area contributed by atoms with Crippen molar-refractivity contribution in [3.8, 4) is 5.75 Å². The summed E-state index contributed by atoms with van der Waals surface area (Å²) >= 11 is 0. The lowest BCUT2D eigenvalue weighted by atomic mass is 9.63. The zero-order valence-electron chi connectivity index (χ0n) is 15.6. The third-order valence-electron chi connectivity index (χ3n) is 6.12. The number of rotatable bonds is 6. The number of benzene rings is 1. The van der Waals surface area contributed by atoms with Crippen molar-refractivity contribution in [2.24, 2.45) is 11.8 Å². The van der Waals surface area contributed by atoms with E-state index in [-0.39, 0.29) is 18.4 Å². The molecule has 2 unspecified atom stereocenters. The van der Waals surface area contributed by atoms with Crippen LogP contribution in [0, 0.1) is 11.8 Å². The molecule has 2 N–H and O–H groups in total. The average molecular weight is 368 g/mol. The van der Waals surface area contributed by atoms with Crippen molar-refractivity contribution in [1.29, 1.82) is 0 Å². The van der Waals surface area contributed by atoms with E-state index in [1.54, 1.807) is 6.20 Å². The molecule has 2 aromatic rings. The van der Waals surface area contributed by atoms with Gasteiger partial charge in [0.1, 0.15) is 12.4 Å². The van der Waals surface area contributed by atoms with E-state index in [1.165, 1.54) is 12.0 Å². The van der Waals surface area contributed by atoms with E-state index in [0.717, 1.165) is 43.8 Å². The van der Waals surface area contributed by atoms with Gasteiger partial charge in [-0.2, -0.15) is 0 Å². The van der Waals surface area contributed by atoms with Gasteiger partial charge in [-0.05, 0) is 36.6 Å². The molecule has 1 aliphatic heterocycles. The Hall–Kier alpha value is -1.95. The number of nitrogens with zero attached hydrogens (tertiary/aromatic N) is 2. The summed E-state index contributed by atoms with van der Waals surface area (Å²) in [6, 6.07) is 12.0. The number of ether oxygens (including phenoxy) is 1. The van der Waals surface area contributed by atoms with Gasteiger partial charge in [0.15, 0.2) is 0 Å². The normalized spacial score (nSPS) is 28.1. The summed E-state index contributed by atoms with van der Waals surface area (Å²) in [6.45, 7) is 3.05. The Balaban J connectivity index is 1.46. The van der Waals surface area contributed by atoms with Crippen LogP contribution in [0.4, 0.5) is 0 Å². The lowest BCUT2D eigenvalue weighted by molar-refractivity contribution is -0.148. The number of aromatic nitrogens is 1. The highest BCUT2D eigenvalue weighted by Gasteiger charge is 2.51. The van der Waals surface area contributed by atoms with Crippen molar-refractivity contribution in [1.82, 2.24) is 9.88 Å². The molecule has 2 fully saturated rings. The average Bonchev–Trinajstić information content (AvgIpc) is 2.69. The molecule has 2 aliphatic rings. The summed E-state index contributed by atoms with van der Waals surface area (Å²) in [6.07, 6.45) is 6.93. The van der Waals surface area contributed by atoms with Gasteiger partial charge in [-0.15, -0.1) is 0 Å². The van der Waals surface area contributed by atoms with Gasteiger partial charge in [0, 0.05) is 49.4 Å². The number of hydrogen-bond donors (Lipinski definition) is 2. The lowest BCUT2D eigenvalue weighted by Gasteiger charge is -2.53. The highest BCUT2D eigenvalue weighted by Crippen LogP contribution is 2.49. The number of aliphatic hydroxyl groups excluding tert-OH is 1. The SMILES string of the molecule is OCCOc1ccc(CN2CC3CCCC(C2)C3(O)c2cccnc2)cc1. The highest BCUT2D eigenvalue weighted by atomic mass is 16.5. The van der Waals surface area contributed by atoms with Crippen LogP contribution in [0.2, 0.25) is 0 Å². The number of pyridine rings is 1. The molecule has 1 saturated heterocycles. The van der Waals surface area contributed by atoms with Gasteiger partial charge in [0.2, 0.25) is 0 Å². The lowest BCUT2D eigenvalue weighted by Crippen LogP contribution is -2.57. The van der Waals surface area contributed by atoms with Crippen LogP contribution in [-0.4, -0.2) is 46.4 Å². The molecule has 1 aliphatic carbocycles. The van der Waals surface area contributed by atoms with E-state index in [9.17, 15) is 5.11 Å². The summed E-state index contributed by atoms with van der Waals surface area (Å²) in [5, 5.41) is 20.5. The predicted molar refractivity (Wildman–Crippen MR) is 103 cm³/mol. The fourth-order valence-corrected chi connectivity index (χ4v) is 4.86. The zero-order chi connectivity index (χ0) is 18.7. The van der Waals surface area contributed by atoms with Crippen LogP contribution in [0.1, 0.15) is 30.4 Å². The molecule has 144 valence electrons. The van der Waals surface area contributed by atoms with Gasteiger partial charge in [-0.3, -0.25) is 9.88 Å². The molecule has 4 rings (SSSR count). The Kier molecular flexibility index (Phi) is 5.43. The first-order valence-electron chi connectivity index (χ1n) is 9.88. The first-order chi connectivity index (χ1) is 13.2. The van der Waals surface area contributed by atoms with Gasteiger partial charge >= 0.3 is 0 Å². The second-order valence-electron chi connectivity index (χ2n) is 7.80. The number of piperidine rings is 1. The van der Waals surface area contributed by atoms with Gasteiger partial charge in [0.05, 0.1) is 12.2 Å². The van der Waals surface area contributed by atoms with Crippen LogP contribution < -0.4 is 4.74 Å². The minimum Gasteiger partial charge on any atom is -0.491 e. The Labute approximate surface area is 160 Å². The summed E-state index contributed by atoms with van der Waals surface area (Å²) in [4.78, 5) is 6.72. The molecule has 2 bridgehead atoms. The van der Waals surface area contributed by atoms with Crippen molar-refractivity contribution < 1.29 is 14.9 Å². The number of hydrogen-bond acceptors (Lipinski definition) is 5. The minimum atomic E-state index is -0.745. The number of aliphatic hydroxyl groups is 2. The minimum absolute atomic E-state index is 0.0259. The van der Waals surface area contributed by atoms with Crippen LogP contribution in [0.15, 0.2) is 48.8 Å². The quantitative estimate of drug-likeness (QED) is 0.820. The molecule has 27 heavy (non-hydrogen) atoms. The fourth-order valence-electron chi connectivity index (χ4n) is 4.86. The molecule has 0 spiro atoms. The molecule has 0 amide bonds. The molecular formula is C22H28N2O3.